The molecule has 0 N–H and O–H groups in total. The van der Waals surface area contributed by atoms with Crippen LogP contribution >= 0.6 is 34.7 Å². The predicted octanol–water partition coefficient (Wildman–Crippen LogP) is 4.25. The lowest BCUT2D eigenvalue weighted by Gasteiger charge is -2.04. The average Bonchev–Trinajstić information content (AvgIpc) is 3.15. The minimum Gasteiger partial charge on any atom is -0.493 e. The maximum atomic E-state index is 5.82. The summed E-state index contributed by atoms with van der Waals surface area (Å²) in [5, 5.41) is 12.3. The standard InChI is InChI=1S/C15H14ClN3O2S2/c1-10-17-12(9-23-10)8-14-18-19-15(21-14)22-7-6-20-13-4-2-11(16)3-5-13/h2-5,9H,6-8H2,1H3. The Morgan fingerprint density at radius 2 is 2.09 bits per heavy atom. The van der Waals surface area contributed by atoms with Crippen molar-refractivity contribution >= 4 is 34.7 Å². The highest BCUT2D eigenvalue weighted by Gasteiger charge is 2.09. The lowest BCUT2D eigenvalue weighted by Crippen LogP contribution is -1.99. The van der Waals surface area contributed by atoms with E-state index in [-0.39, 0.29) is 0 Å². The van der Waals surface area contributed by atoms with Crippen molar-refractivity contribution in [3.05, 3.63) is 51.3 Å². The molecule has 0 spiro atoms. The van der Waals surface area contributed by atoms with E-state index >= 15 is 0 Å². The molecule has 5 nitrogen and oxygen atoms in total. The monoisotopic (exact) mass is 367 g/mol. The Morgan fingerprint density at radius 3 is 2.83 bits per heavy atom. The molecule has 1 aromatic carbocycles. The van der Waals surface area contributed by atoms with E-state index in [0.717, 1.165) is 22.2 Å². The first-order chi connectivity index (χ1) is 11.2. The van der Waals surface area contributed by atoms with Gasteiger partial charge >= 0.3 is 0 Å². The molecule has 0 unspecified atom stereocenters. The van der Waals surface area contributed by atoms with Crippen LogP contribution in [0.15, 0.2) is 39.3 Å². The van der Waals surface area contributed by atoms with Gasteiger partial charge in [0.1, 0.15) is 5.75 Å². The van der Waals surface area contributed by atoms with Crippen molar-refractivity contribution in [1.29, 1.82) is 0 Å². The van der Waals surface area contributed by atoms with E-state index in [1.165, 1.54) is 11.8 Å². The van der Waals surface area contributed by atoms with E-state index in [2.05, 4.69) is 15.2 Å². The maximum Gasteiger partial charge on any atom is 0.276 e. The molecule has 3 rings (SSSR count). The van der Waals surface area contributed by atoms with Crippen molar-refractivity contribution in [3.63, 3.8) is 0 Å². The summed E-state index contributed by atoms with van der Waals surface area (Å²) in [5.41, 5.74) is 0.957. The third-order valence-corrected chi connectivity index (χ3v) is 4.70. The first kappa shape index (κ1) is 16.3. The molecule has 8 heteroatoms. The zero-order valence-corrected chi connectivity index (χ0v) is 14.7. The molecule has 0 saturated heterocycles. The van der Waals surface area contributed by atoms with Gasteiger partial charge in [0, 0.05) is 16.2 Å². The van der Waals surface area contributed by atoms with Gasteiger partial charge in [-0.3, -0.25) is 0 Å². The van der Waals surface area contributed by atoms with Gasteiger partial charge in [-0.2, -0.15) is 0 Å². The van der Waals surface area contributed by atoms with Gasteiger partial charge in [0.25, 0.3) is 5.22 Å². The third-order valence-electron chi connectivity index (χ3n) is 2.84. The number of hydrogen-bond acceptors (Lipinski definition) is 7. The van der Waals surface area contributed by atoms with Crippen LogP contribution in [-0.2, 0) is 6.42 Å². The van der Waals surface area contributed by atoms with Crippen molar-refractivity contribution in [2.75, 3.05) is 12.4 Å². The lowest BCUT2D eigenvalue weighted by atomic mass is 10.3. The molecule has 0 aliphatic heterocycles. The number of thiazole rings is 1. The summed E-state index contributed by atoms with van der Waals surface area (Å²) in [4.78, 5) is 4.38. The summed E-state index contributed by atoms with van der Waals surface area (Å²) < 4.78 is 11.2. The first-order valence-corrected chi connectivity index (χ1v) is 9.18. The second-order valence-electron chi connectivity index (χ2n) is 4.65. The van der Waals surface area contributed by atoms with E-state index in [1.54, 1.807) is 23.5 Å². The highest BCUT2D eigenvalue weighted by Crippen LogP contribution is 2.20. The fourth-order valence-electron chi connectivity index (χ4n) is 1.83. The van der Waals surface area contributed by atoms with Gasteiger partial charge < -0.3 is 9.15 Å². The summed E-state index contributed by atoms with van der Waals surface area (Å²) in [6.07, 6.45) is 0.569. The summed E-state index contributed by atoms with van der Waals surface area (Å²) in [6, 6.07) is 7.28. The molecule has 120 valence electrons. The number of hydrogen-bond donors (Lipinski definition) is 0. The van der Waals surface area contributed by atoms with E-state index in [0.29, 0.717) is 29.2 Å². The van der Waals surface area contributed by atoms with Crippen molar-refractivity contribution in [1.82, 2.24) is 15.2 Å². The normalized spacial score (nSPS) is 10.9. The van der Waals surface area contributed by atoms with Crippen molar-refractivity contribution < 1.29 is 9.15 Å². The number of aromatic nitrogens is 3. The Morgan fingerprint density at radius 1 is 1.26 bits per heavy atom. The molecule has 0 radical (unpaired) electrons. The van der Waals surface area contributed by atoms with Gasteiger partial charge in [0.2, 0.25) is 5.89 Å². The Bertz CT molecular complexity index is 758. The average molecular weight is 368 g/mol. The highest BCUT2D eigenvalue weighted by atomic mass is 35.5. The van der Waals surface area contributed by atoms with Crippen molar-refractivity contribution in [2.45, 2.75) is 18.6 Å². The third kappa shape index (κ3) is 4.95. The Balaban J connectivity index is 1.43. The number of halogens is 1. The van der Waals surface area contributed by atoms with Crippen LogP contribution in [0.5, 0.6) is 5.75 Å². The highest BCUT2D eigenvalue weighted by molar-refractivity contribution is 7.99. The number of nitrogens with zero attached hydrogens (tertiary/aromatic N) is 3. The summed E-state index contributed by atoms with van der Waals surface area (Å²) in [7, 11) is 0. The first-order valence-electron chi connectivity index (χ1n) is 6.93. The Labute approximate surface area is 147 Å². The maximum absolute atomic E-state index is 5.82. The molecule has 3 aromatic rings. The minimum absolute atomic E-state index is 0.548. The second kappa shape index (κ2) is 7.81. The Hall–Kier alpha value is -1.57. The summed E-state index contributed by atoms with van der Waals surface area (Å²) in [6.45, 7) is 2.53. The summed E-state index contributed by atoms with van der Waals surface area (Å²) >= 11 is 8.91. The van der Waals surface area contributed by atoms with Crippen LogP contribution in [0.1, 0.15) is 16.6 Å². The van der Waals surface area contributed by atoms with Crippen molar-refractivity contribution in [2.24, 2.45) is 0 Å². The zero-order chi connectivity index (χ0) is 16.1. The van der Waals surface area contributed by atoms with Crippen LogP contribution in [0.3, 0.4) is 0 Å². The fourth-order valence-corrected chi connectivity index (χ4v) is 3.17. The molecule has 0 atom stereocenters. The van der Waals surface area contributed by atoms with Crippen molar-refractivity contribution in [3.8, 4) is 5.75 Å². The molecule has 2 heterocycles. The topological polar surface area (TPSA) is 61.0 Å². The molecule has 0 aliphatic carbocycles. The number of aryl methyl sites for hydroxylation is 1. The van der Waals surface area contributed by atoms with Crippen LogP contribution in [0.25, 0.3) is 0 Å². The van der Waals surface area contributed by atoms with E-state index in [9.17, 15) is 0 Å². The smallest absolute Gasteiger partial charge is 0.276 e. The van der Waals surface area contributed by atoms with Gasteiger partial charge in [-0.15, -0.1) is 21.5 Å². The molecule has 0 saturated carbocycles. The minimum atomic E-state index is 0.548. The number of rotatable bonds is 7. The largest absolute Gasteiger partial charge is 0.493 e. The predicted molar refractivity (Wildman–Crippen MR) is 91.6 cm³/mol. The number of ether oxygens (including phenoxy) is 1. The lowest BCUT2D eigenvalue weighted by molar-refractivity contribution is 0.343. The van der Waals surface area contributed by atoms with Crippen LogP contribution in [0, 0.1) is 6.92 Å². The van der Waals surface area contributed by atoms with Crippen LogP contribution in [-0.4, -0.2) is 27.5 Å². The van der Waals surface area contributed by atoms with E-state index in [4.69, 9.17) is 20.8 Å². The Kier molecular flexibility index (Phi) is 5.53. The van der Waals surface area contributed by atoms with Gasteiger partial charge in [0.05, 0.1) is 23.7 Å². The van der Waals surface area contributed by atoms with Gasteiger partial charge in [0.15, 0.2) is 0 Å². The van der Waals surface area contributed by atoms with Gasteiger partial charge in [-0.1, -0.05) is 23.4 Å². The molecular formula is C15H14ClN3O2S2. The second-order valence-corrected chi connectivity index (χ2v) is 7.19. The molecule has 0 bridgehead atoms. The molecular weight excluding hydrogens is 354 g/mol. The molecule has 0 aliphatic rings. The van der Waals surface area contributed by atoms with Gasteiger partial charge in [-0.25, -0.2) is 4.98 Å². The summed E-state index contributed by atoms with van der Waals surface area (Å²) in [5.74, 6) is 2.09. The quantitative estimate of drug-likeness (QED) is 0.459. The number of thioether (sulfide) groups is 1. The SMILES string of the molecule is Cc1nc(Cc2nnc(SCCOc3ccc(Cl)cc3)o2)cs1. The molecule has 2 aromatic heterocycles. The fraction of sp³-hybridized carbons (Fsp3) is 0.267. The van der Waals surface area contributed by atoms with Crippen LogP contribution < -0.4 is 4.74 Å². The van der Waals surface area contributed by atoms with Gasteiger partial charge in [-0.05, 0) is 31.2 Å². The molecule has 23 heavy (non-hydrogen) atoms. The van der Waals surface area contributed by atoms with Crippen LogP contribution in [0.4, 0.5) is 0 Å². The van der Waals surface area contributed by atoms with Crippen LogP contribution in [0.2, 0.25) is 5.02 Å². The molecule has 0 fully saturated rings. The molecule has 0 amide bonds. The zero-order valence-electron chi connectivity index (χ0n) is 12.4. The van der Waals surface area contributed by atoms with E-state index in [1.807, 2.05) is 24.4 Å². The number of benzene rings is 1. The van der Waals surface area contributed by atoms with E-state index < -0.39 is 0 Å².